The zero-order chi connectivity index (χ0) is 19.3. The summed E-state index contributed by atoms with van der Waals surface area (Å²) in [5.41, 5.74) is 2.20. The van der Waals surface area contributed by atoms with Gasteiger partial charge in [-0.1, -0.05) is 78.2 Å². The molecule has 0 bridgehead atoms. The Morgan fingerprint density at radius 2 is 1.88 bits per heavy atom. The first-order valence-electron chi connectivity index (χ1n) is 10.4. The molecule has 2 rings (SSSR count). The van der Waals surface area contributed by atoms with E-state index >= 15 is 0 Å². The summed E-state index contributed by atoms with van der Waals surface area (Å²) in [6, 6.07) is 0. The largest absolute Gasteiger partial charge is 0.299 e. The van der Waals surface area contributed by atoms with Gasteiger partial charge in [-0.2, -0.15) is 0 Å². The van der Waals surface area contributed by atoms with Gasteiger partial charge in [-0.3, -0.25) is 4.79 Å². The maximum atomic E-state index is 9.06. The first-order chi connectivity index (χ1) is 12.0. The van der Waals surface area contributed by atoms with Crippen molar-refractivity contribution in [3.8, 4) is 0 Å². The van der Waals surface area contributed by atoms with Gasteiger partial charge >= 0.3 is 0 Å². The van der Waals surface area contributed by atoms with Gasteiger partial charge in [0.15, 0.2) is 0 Å². The highest BCUT2D eigenvalue weighted by molar-refractivity contribution is 5.63. The fraction of sp³-hybridized carbons (Fsp3) is 0.708. The van der Waals surface area contributed by atoms with E-state index < -0.39 is 0 Å². The Hall–Kier alpha value is -1.11. The highest BCUT2D eigenvalue weighted by atomic mass is 16.1. The van der Waals surface area contributed by atoms with Crippen LogP contribution in [0.1, 0.15) is 86.0 Å². The average molecular weight is 347 g/mol. The smallest absolute Gasteiger partial charge is 0.142 e. The van der Waals surface area contributed by atoms with Gasteiger partial charge in [0.2, 0.25) is 0 Å². The fourth-order valence-electron chi connectivity index (χ4n) is 4.37. The van der Waals surface area contributed by atoms with Crippen molar-refractivity contribution in [2.45, 2.75) is 86.0 Å². The summed E-state index contributed by atoms with van der Waals surface area (Å²) in [5, 5.41) is 0. The zero-order valence-electron chi connectivity index (χ0n) is 17.5. The molecule has 25 heavy (non-hydrogen) atoms. The van der Waals surface area contributed by atoms with E-state index in [9.17, 15) is 0 Å². The minimum atomic E-state index is 0.364. The lowest BCUT2D eigenvalue weighted by Crippen LogP contribution is -2.33. The second kappa shape index (κ2) is 13.1. The lowest BCUT2D eigenvalue weighted by atomic mass is 9.60. The standard InChI is InChI=1S/C19H32.C3H4O.C2H6/c1-5-8-9-17-15(6-2)10-11-16-14-19(4,7-3)13-12-18(16)17;1-2-3-4;1-2/h7,12,15-17H,3,5-6,8-11,13-14H2,1-2,4H3;2-3H,1H2;1-2H3. The first-order valence-corrected chi connectivity index (χ1v) is 10.4. The van der Waals surface area contributed by atoms with Crippen molar-refractivity contribution in [1.29, 1.82) is 0 Å². The summed E-state index contributed by atoms with van der Waals surface area (Å²) in [5.74, 6) is 2.72. The van der Waals surface area contributed by atoms with Gasteiger partial charge in [-0.05, 0) is 61.3 Å². The van der Waals surface area contributed by atoms with Crippen LogP contribution in [0, 0.1) is 23.2 Å². The van der Waals surface area contributed by atoms with Crippen LogP contribution < -0.4 is 0 Å². The first kappa shape index (κ1) is 23.9. The normalized spacial score (nSPS) is 30.3. The molecule has 0 radical (unpaired) electrons. The molecule has 0 heterocycles. The number of carbonyl (C=O) groups is 1. The molecule has 0 N–H and O–H groups in total. The lowest BCUT2D eigenvalue weighted by molar-refractivity contribution is -0.104. The van der Waals surface area contributed by atoms with Crippen LogP contribution in [0.4, 0.5) is 0 Å². The molecule has 2 aliphatic carbocycles. The molecule has 2 aliphatic rings. The Labute approximate surface area is 157 Å². The molecule has 4 unspecified atom stereocenters. The number of carbonyl (C=O) groups excluding carboxylic acids is 1. The van der Waals surface area contributed by atoms with Crippen LogP contribution in [0.25, 0.3) is 0 Å². The number of unbranched alkanes of at least 4 members (excludes halogenated alkanes) is 1. The number of allylic oxidation sites excluding steroid dienone is 4. The summed E-state index contributed by atoms with van der Waals surface area (Å²) in [6.07, 6.45) is 17.7. The topological polar surface area (TPSA) is 17.1 Å². The van der Waals surface area contributed by atoms with Gasteiger partial charge in [0, 0.05) is 0 Å². The molecule has 0 aliphatic heterocycles. The van der Waals surface area contributed by atoms with Gasteiger partial charge in [-0.25, -0.2) is 0 Å². The third-order valence-electron chi connectivity index (χ3n) is 5.85. The molecule has 1 nitrogen and oxygen atoms in total. The Morgan fingerprint density at radius 3 is 2.36 bits per heavy atom. The Morgan fingerprint density at radius 1 is 1.24 bits per heavy atom. The molecule has 0 aromatic carbocycles. The molecule has 4 atom stereocenters. The highest BCUT2D eigenvalue weighted by Crippen LogP contribution is 2.50. The summed E-state index contributed by atoms with van der Waals surface area (Å²) in [6.45, 7) is 18.3. The molecule has 1 heteroatoms. The lowest BCUT2D eigenvalue weighted by Gasteiger charge is -2.45. The molecule has 1 saturated carbocycles. The summed E-state index contributed by atoms with van der Waals surface area (Å²) in [7, 11) is 0. The fourth-order valence-corrected chi connectivity index (χ4v) is 4.37. The average Bonchev–Trinajstić information content (AvgIpc) is 2.67. The maximum Gasteiger partial charge on any atom is 0.142 e. The van der Waals surface area contributed by atoms with Gasteiger partial charge in [-0.15, -0.1) is 6.58 Å². The summed E-state index contributed by atoms with van der Waals surface area (Å²) >= 11 is 0. The monoisotopic (exact) mass is 346 g/mol. The third-order valence-corrected chi connectivity index (χ3v) is 5.85. The quantitative estimate of drug-likeness (QED) is 0.276. The van der Waals surface area contributed by atoms with Crippen molar-refractivity contribution < 1.29 is 4.79 Å². The molecule has 1 fully saturated rings. The number of fused-ring (bicyclic) bond motifs is 1. The van der Waals surface area contributed by atoms with E-state index in [0.29, 0.717) is 11.7 Å². The van der Waals surface area contributed by atoms with Gasteiger partial charge in [0.25, 0.3) is 0 Å². The molecule has 0 amide bonds. The molecule has 0 saturated heterocycles. The van der Waals surface area contributed by atoms with Crippen molar-refractivity contribution in [3.05, 3.63) is 37.0 Å². The maximum absolute atomic E-state index is 9.06. The Kier molecular flexibility index (Phi) is 12.6. The van der Waals surface area contributed by atoms with Crippen molar-refractivity contribution in [2.75, 3.05) is 0 Å². The second-order valence-electron chi connectivity index (χ2n) is 7.53. The molecule has 0 aromatic rings. The van der Waals surface area contributed by atoms with Crippen LogP contribution >= 0.6 is 0 Å². The minimum Gasteiger partial charge on any atom is -0.299 e. The van der Waals surface area contributed by atoms with Crippen LogP contribution in [0.3, 0.4) is 0 Å². The van der Waals surface area contributed by atoms with E-state index in [2.05, 4.69) is 46.1 Å². The second-order valence-corrected chi connectivity index (χ2v) is 7.53. The van der Waals surface area contributed by atoms with Gasteiger partial charge in [0.05, 0.1) is 0 Å². The van der Waals surface area contributed by atoms with Crippen LogP contribution in [-0.4, -0.2) is 6.29 Å². The van der Waals surface area contributed by atoms with Crippen LogP contribution in [0.15, 0.2) is 37.0 Å². The predicted octanol–water partition coefficient (Wildman–Crippen LogP) is 7.54. The number of rotatable bonds is 6. The van der Waals surface area contributed by atoms with Crippen LogP contribution in [0.5, 0.6) is 0 Å². The molecule has 144 valence electrons. The van der Waals surface area contributed by atoms with E-state index in [0.717, 1.165) is 17.8 Å². The number of aldehydes is 1. The van der Waals surface area contributed by atoms with E-state index in [1.165, 1.54) is 57.4 Å². The van der Waals surface area contributed by atoms with Crippen molar-refractivity contribution in [1.82, 2.24) is 0 Å². The molecular weight excluding hydrogens is 304 g/mol. The Balaban J connectivity index is 0.000000845. The SMILES string of the molecule is C=CC1(C)CC=C2C(CCC(CC)C2CCCC)C1.C=CC=O.CC. The zero-order valence-corrected chi connectivity index (χ0v) is 17.5. The van der Waals surface area contributed by atoms with E-state index in [1.807, 2.05) is 19.4 Å². The van der Waals surface area contributed by atoms with E-state index in [-0.39, 0.29) is 0 Å². The highest BCUT2D eigenvalue weighted by Gasteiger charge is 2.38. The van der Waals surface area contributed by atoms with Gasteiger partial charge < -0.3 is 0 Å². The molecule has 0 aromatic heterocycles. The molecular formula is C24H42O. The van der Waals surface area contributed by atoms with Crippen molar-refractivity contribution in [3.63, 3.8) is 0 Å². The molecule has 0 spiro atoms. The minimum absolute atomic E-state index is 0.364. The third kappa shape index (κ3) is 7.34. The summed E-state index contributed by atoms with van der Waals surface area (Å²) in [4.78, 5) is 9.06. The van der Waals surface area contributed by atoms with Crippen LogP contribution in [-0.2, 0) is 4.79 Å². The number of hydrogen-bond acceptors (Lipinski definition) is 1. The van der Waals surface area contributed by atoms with Crippen molar-refractivity contribution in [2.24, 2.45) is 23.2 Å². The van der Waals surface area contributed by atoms with Gasteiger partial charge in [0.1, 0.15) is 6.29 Å². The summed E-state index contributed by atoms with van der Waals surface area (Å²) < 4.78 is 0. The Bertz CT molecular complexity index is 414. The van der Waals surface area contributed by atoms with Crippen LogP contribution in [0.2, 0.25) is 0 Å². The van der Waals surface area contributed by atoms with E-state index in [4.69, 9.17) is 4.79 Å². The number of hydrogen-bond donors (Lipinski definition) is 0. The van der Waals surface area contributed by atoms with E-state index in [1.54, 1.807) is 0 Å². The predicted molar refractivity (Wildman–Crippen MR) is 113 cm³/mol. The van der Waals surface area contributed by atoms with Crippen molar-refractivity contribution >= 4 is 6.29 Å².